The normalized spacial score (nSPS) is 10.9. The first-order chi connectivity index (χ1) is 7.98. The lowest BCUT2D eigenvalue weighted by atomic mass is 9.94. The van der Waals surface area contributed by atoms with Crippen molar-refractivity contribution in [3.8, 4) is 6.07 Å². The van der Waals surface area contributed by atoms with Gasteiger partial charge in [0.05, 0.1) is 6.07 Å². The number of aromatic amines is 1. The summed E-state index contributed by atoms with van der Waals surface area (Å²) in [6.45, 7) is 3.64. The molecule has 0 aromatic carbocycles. The Kier molecular flexibility index (Phi) is 3.73. The second-order valence-electron chi connectivity index (χ2n) is 3.95. The second-order valence-corrected chi connectivity index (χ2v) is 3.95. The van der Waals surface area contributed by atoms with E-state index < -0.39 is 17.0 Å². The van der Waals surface area contributed by atoms with E-state index in [2.05, 4.69) is 16.5 Å². The number of rotatable bonds is 4. The number of nitrogens with one attached hydrogen (secondary N) is 2. The number of hydrogen-bond acceptors (Lipinski definition) is 3. The monoisotopic (exact) mass is 236 g/mol. The van der Waals surface area contributed by atoms with E-state index in [4.69, 9.17) is 5.26 Å². The van der Waals surface area contributed by atoms with Gasteiger partial charge in [0.2, 0.25) is 0 Å². The molecule has 6 heteroatoms. The minimum atomic E-state index is -0.903. The van der Waals surface area contributed by atoms with Crippen LogP contribution in [-0.4, -0.2) is 21.2 Å². The minimum Gasteiger partial charge on any atom is -0.333 e. The number of hydrogen-bond donors (Lipinski definition) is 2. The highest BCUT2D eigenvalue weighted by Gasteiger charge is 2.29. The summed E-state index contributed by atoms with van der Waals surface area (Å²) in [6.07, 6.45) is 2.40. The summed E-state index contributed by atoms with van der Waals surface area (Å²) < 4.78 is 1.41. The van der Waals surface area contributed by atoms with Gasteiger partial charge in [0, 0.05) is 13.2 Å². The van der Waals surface area contributed by atoms with E-state index >= 15 is 0 Å². The molecule has 0 saturated carbocycles. The van der Waals surface area contributed by atoms with Crippen molar-refractivity contribution in [2.75, 3.05) is 0 Å². The van der Waals surface area contributed by atoms with Gasteiger partial charge in [0.15, 0.2) is 0 Å². The van der Waals surface area contributed by atoms with Crippen molar-refractivity contribution < 1.29 is 4.79 Å². The highest BCUT2D eigenvalue weighted by molar-refractivity contribution is 5.94. The molecule has 1 rings (SSSR count). The van der Waals surface area contributed by atoms with Crippen LogP contribution in [0.3, 0.4) is 0 Å². The van der Waals surface area contributed by atoms with Crippen molar-refractivity contribution in [2.45, 2.75) is 32.2 Å². The summed E-state index contributed by atoms with van der Waals surface area (Å²) in [7, 11) is 1.62. The molecule has 0 aliphatic heterocycles. The third-order valence-corrected chi connectivity index (χ3v) is 2.86. The Labute approximate surface area is 99.2 Å². The van der Waals surface area contributed by atoms with Crippen molar-refractivity contribution in [3.05, 3.63) is 22.1 Å². The summed E-state index contributed by atoms with van der Waals surface area (Å²) in [5.41, 5.74) is -1.34. The van der Waals surface area contributed by atoms with Gasteiger partial charge < -0.3 is 5.32 Å². The van der Waals surface area contributed by atoms with Gasteiger partial charge in [-0.1, -0.05) is 13.8 Å². The summed E-state index contributed by atoms with van der Waals surface area (Å²) >= 11 is 0. The van der Waals surface area contributed by atoms with E-state index in [0.717, 1.165) is 0 Å². The molecule has 1 aromatic heterocycles. The van der Waals surface area contributed by atoms with Gasteiger partial charge in [-0.2, -0.15) is 5.26 Å². The number of aromatic nitrogens is 2. The van der Waals surface area contributed by atoms with Crippen LogP contribution in [0.5, 0.6) is 0 Å². The van der Waals surface area contributed by atoms with Crippen LogP contribution in [0.4, 0.5) is 0 Å². The lowest BCUT2D eigenvalue weighted by Crippen LogP contribution is -2.47. The lowest BCUT2D eigenvalue weighted by molar-refractivity contribution is 0.0914. The first-order valence-electron chi connectivity index (χ1n) is 5.47. The van der Waals surface area contributed by atoms with E-state index in [-0.39, 0.29) is 5.56 Å². The fourth-order valence-electron chi connectivity index (χ4n) is 1.56. The molecule has 0 bridgehead atoms. The predicted octanol–water partition coefficient (Wildman–Crippen LogP) is 0.526. The third-order valence-electron chi connectivity index (χ3n) is 2.86. The van der Waals surface area contributed by atoms with Gasteiger partial charge in [-0.15, -0.1) is 0 Å². The molecule has 2 N–H and O–H groups in total. The molecule has 92 valence electrons. The molecule has 1 aromatic rings. The second kappa shape index (κ2) is 4.87. The number of nitriles is 1. The maximum atomic E-state index is 11.9. The molecule has 0 spiro atoms. The quantitative estimate of drug-likeness (QED) is 0.798. The van der Waals surface area contributed by atoms with Crippen LogP contribution in [0.1, 0.15) is 37.0 Å². The molecule has 0 aliphatic rings. The van der Waals surface area contributed by atoms with Crippen LogP contribution in [-0.2, 0) is 7.05 Å². The van der Waals surface area contributed by atoms with Crippen molar-refractivity contribution in [1.29, 1.82) is 5.26 Å². The molecular weight excluding hydrogens is 220 g/mol. The number of H-pyrrole nitrogens is 1. The van der Waals surface area contributed by atoms with Crippen LogP contribution in [0.15, 0.2) is 11.0 Å². The van der Waals surface area contributed by atoms with Gasteiger partial charge in [0.1, 0.15) is 11.1 Å². The highest BCUT2D eigenvalue weighted by Crippen LogP contribution is 2.14. The standard InChI is InChI=1S/C11H16N4O2/c1-4-11(5-2,7-12)13-9(16)8-6-15(3)14-10(8)17/h6H,4-5H2,1-3H3,(H,13,16)(H,14,17). The first-order valence-corrected chi connectivity index (χ1v) is 5.47. The van der Waals surface area contributed by atoms with Crippen molar-refractivity contribution in [3.63, 3.8) is 0 Å². The summed E-state index contributed by atoms with van der Waals surface area (Å²) in [6, 6.07) is 2.09. The zero-order chi connectivity index (χ0) is 13.1. The largest absolute Gasteiger partial charge is 0.333 e. The van der Waals surface area contributed by atoms with E-state index in [1.165, 1.54) is 10.9 Å². The molecule has 1 amide bonds. The zero-order valence-electron chi connectivity index (χ0n) is 10.2. The van der Waals surface area contributed by atoms with Crippen LogP contribution in [0, 0.1) is 11.3 Å². The Morgan fingerprint density at radius 3 is 2.53 bits per heavy atom. The Morgan fingerprint density at radius 1 is 1.59 bits per heavy atom. The Bertz CT molecular complexity index is 502. The smallest absolute Gasteiger partial charge is 0.276 e. The van der Waals surface area contributed by atoms with Crippen molar-refractivity contribution in [2.24, 2.45) is 7.05 Å². The number of carbonyl (C=O) groups is 1. The van der Waals surface area contributed by atoms with Crippen molar-refractivity contribution in [1.82, 2.24) is 15.1 Å². The van der Waals surface area contributed by atoms with E-state index in [1.54, 1.807) is 7.05 Å². The lowest BCUT2D eigenvalue weighted by Gasteiger charge is -2.24. The number of aryl methyl sites for hydroxylation is 1. The first kappa shape index (κ1) is 13.0. The Hall–Kier alpha value is -2.03. The Morgan fingerprint density at radius 2 is 2.18 bits per heavy atom. The van der Waals surface area contributed by atoms with Crippen molar-refractivity contribution >= 4 is 5.91 Å². The molecular formula is C11H16N4O2. The molecule has 0 fully saturated rings. The average molecular weight is 236 g/mol. The number of amides is 1. The SMILES string of the molecule is CCC(C#N)(CC)NC(=O)c1cn(C)[nH]c1=O. The summed E-state index contributed by atoms with van der Waals surface area (Å²) in [5.74, 6) is -0.517. The maximum Gasteiger partial charge on any atom is 0.276 e. The van der Waals surface area contributed by atoms with Gasteiger partial charge in [-0.25, -0.2) is 0 Å². The van der Waals surface area contributed by atoms with Gasteiger partial charge in [-0.3, -0.25) is 19.4 Å². The van der Waals surface area contributed by atoms with Crippen LogP contribution in [0.2, 0.25) is 0 Å². The average Bonchev–Trinajstić information content (AvgIpc) is 2.65. The molecule has 0 atom stereocenters. The van der Waals surface area contributed by atoms with E-state index in [1.807, 2.05) is 13.8 Å². The fourth-order valence-corrected chi connectivity index (χ4v) is 1.56. The number of nitrogens with zero attached hydrogens (tertiary/aromatic N) is 2. The molecule has 0 saturated heterocycles. The van der Waals surface area contributed by atoms with Crippen LogP contribution < -0.4 is 10.9 Å². The molecule has 1 heterocycles. The zero-order valence-corrected chi connectivity index (χ0v) is 10.2. The topological polar surface area (TPSA) is 90.7 Å². The predicted molar refractivity (Wildman–Crippen MR) is 62.4 cm³/mol. The molecule has 17 heavy (non-hydrogen) atoms. The third kappa shape index (κ3) is 2.56. The van der Waals surface area contributed by atoms with Gasteiger partial charge in [0.25, 0.3) is 11.5 Å². The molecule has 0 aliphatic carbocycles. The molecule has 0 unspecified atom stereocenters. The number of carbonyl (C=O) groups excluding carboxylic acids is 1. The van der Waals surface area contributed by atoms with Gasteiger partial charge >= 0.3 is 0 Å². The van der Waals surface area contributed by atoms with Crippen LogP contribution in [0.25, 0.3) is 0 Å². The minimum absolute atomic E-state index is 0.0222. The van der Waals surface area contributed by atoms with E-state index in [9.17, 15) is 9.59 Å². The van der Waals surface area contributed by atoms with E-state index in [0.29, 0.717) is 12.8 Å². The molecule has 6 nitrogen and oxygen atoms in total. The summed E-state index contributed by atoms with van der Waals surface area (Å²) in [5, 5.41) is 14.2. The maximum absolute atomic E-state index is 11.9. The molecule has 0 radical (unpaired) electrons. The highest BCUT2D eigenvalue weighted by atomic mass is 16.2. The Balaban J connectivity index is 2.97. The summed E-state index contributed by atoms with van der Waals surface area (Å²) in [4.78, 5) is 23.3. The van der Waals surface area contributed by atoms with Gasteiger partial charge in [-0.05, 0) is 12.8 Å². The van der Waals surface area contributed by atoms with Crippen LogP contribution >= 0.6 is 0 Å². The fraction of sp³-hybridized carbons (Fsp3) is 0.545.